The topological polar surface area (TPSA) is 0 Å². The average molecular weight is 620 g/mol. The smallest absolute Gasteiger partial charge is 1.00 e. The first-order valence-corrected chi connectivity index (χ1v) is 39.0. The van der Waals surface area contributed by atoms with Crippen LogP contribution in [0, 0.1) is 0 Å². The molecule has 0 heterocycles. The van der Waals surface area contributed by atoms with Crippen molar-refractivity contribution < 1.29 is 39.8 Å². The molecule has 0 aromatic heterocycles. The van der Waals surface area contributed by atoms with Gasteiger partial charge in [0.25, 0.3) is 0 Å². The Morgan fingerprint density at radius 1 is 0.706 bits per heavy atom. The van der Waals surface area contributed by atoms with Crippen LogP contribution in [-0.2, 0) is 15.0 Å². The fourth-order valence-electron chi connectivity index (χ4n) is 6.70. The van der Waals surface area contributed by atoms with Crippen molar-refractivity contribution in [3.05, 3.63) is 102 Å². The molecule has 181 valence electrons. The van der Waals surface area contributed by atoms with Gasteiger partial charge < -0.3 is 24.8 Å². The van der Waals surface area contributed by atoms with Crippen LogP contribution in [0.4, 0.5) is 0 Å². The van der Waals surface area contributed by atoms with Crippen LogP contribution >= 0.6 is 0 Å². The number of allylic oxidation sites excluding steroid dienone is 5. The first-order chi connectivity index (χ1) is 14.9. The van der Waals surface area contributed by atoms with E-state index in [9.17, 15) is 0 Å². The van der Waals surface area contributed by atoms with Crippen LogP contribution in [0.15, 0.2) is 91.0 Å². The Balaban J connectivity index is 0.00000162. The standard InChI is InChI=1S/C19H13.C5H5.4CH3.2ClH.H7Si3.Zr/c1-2-10-16-14(6-1)8-4-12-18(16)19-13-5-9-15-7-3-11-17(15)19;1-2-4-5-3-1;;;;;;;1-3-2;/h1-13H;1-5H;4*1H3;2*1H;3H,1-2H3;/p-2. The Bertz CT molecular complexity index is 1380. The van der Waals surface area contributed by atoms with E-state index in [2.05, 4.69) is 116 Å². The molecule has 2 aliphatic carbocycles. The molecule has 0 amide bonds. The van der Waals surface area contributed by atoms with E-state index in [4.69, 9.17) is 0 Å². The molecule has 3 aromatic carbocycles. The molecule has 0 nitrogen and oxygen atoms in total. The fourth-order valence-corrected chi connectivity index (χ4v) is 62.3. The van der Waals surface area contributed by atoms with Crippen molar-refractivity contribution in [3.63, 3.8) is 0 Å². The van der Waals surface area contributed by atoms with Crippen molar-refractivity contribution in [1.82, 2.24) is 0 Å². The van der Waals surface area contributed by atoms with Crippen molar-refractivity contribution in [3.8, 4) is 11.1 Å². The zero-order valence-electron chi connectivity index (χ0n) is 21.2. The molecule has 2 aliphatic rings. The molecule has 0 radical (unpaired) electrons. The van der Waals surface area contributed by atoms with Crippen LogP contribution in [-0.4, -0.2) is 24.5 Å². The normalized spacial score (nSPS) is 21.2. The second-order valence-electron chi connectivity index (χ2n) is 14.6. The predicted octanol–water partition coefficient (Wildman–Crippen LogP) is -0.101. The van der Waals surface area contributed by atoms with E-state index >= 15 is 0 Å². The number of hydrogen-bond acceptors (Lipinski definition) is 0. The summed E-state index contributed by atoms with van der Waals surface area (Å²) >= 11 is -4.21. The van der Waals surface area contributed by atoms with Crippen molar-refractivity contribution in [2.75, 3.05) is 0 Å². The van der Waals surface area contributed by atoms with E-state index in [1.54, 1.807) is 5.56 Å². The molecule has 1 atom stereocenters. The Morgan fingerprint density at radius 3 is 1.97 bits per heavy atom. The van der Waals surface area contributed by atoms with E-state index in [0.29, 0.717) is 7.25 Å². The molecule has 0 N–H and O–H groups in total. The van der Waals surface area contributed by atoms with Crippen LogP contribution in [0.25, 0.3) is 28.0 Å². The van der Waals surface area contributed by atoms with E-state index in [0.717, 1.165) is 0 Å². The maximum Gasteiger partial charge on any atom is -1.00 e. The van der Waals surface area contributed by atoms with E-state index in [1.165, 1.54) is 47.0 Å². The van der Waals surface area contributed by atoms with Gasteiger partial charge in [-0.2, -0.15) is 0 Å². The van der Waals surface area contributed by atoms with Gasteiger partial charge >= 0.3 is 195 Å². The first kappa shape index (κ1) is 27.8. The predicted molar refractivity (Wildman–Crippen MR) is 154 cm³/mol. The minimum Gasteiger partial charge on any atom is -1.00 e. The number of halogens is 2. The molecule has 6 heteroatoms. The molecule has 0 fully saturated rings. The summed E-state index contributed by atoms with van der Waals surface area (Å²) in [6.45, 7) is 0. The SMILES string of the molecule is [CH3][Zr]([CH3])([CH3])([CH3])([CH]1C=CC=C1)([CH]1C=Cc2c(-c3cccc4ccccc34)cccc21)[SiH]([SiH3])[SiH3].[Cl-].[Cl-]. The minimum atomic E-state index is -4.21. The summed E-state index contributed by atoms with van der Waals surface area (Å²) in [5, 5.41) is 2.68. The summed E-state index contributed by atoms with van der Waals surface area (Å²) in [5.74, 6) is 0. The third-order valence-electron chi connectivity index (χ3n) is 11.1. The number of fused-ring (bicyclic) bond motifs is 2. The van der Waals surface area contributed by atoms with E-state index < -0.39 is 19.9 Å². The van der Waals surface area contributed by atoms with Crippen LogP contribution < -0.4 is 24.8 Å². The first-order valence-electron chi connectivity index (χ1n) is 12.2. The third kappa shape index (κ3) is 3.51. The van der Waals surface area contributed by atoms with Gasteiger partial charge in [0, 0.05) is 0 Å². The molecule has 34 heavy (non-hydrogen) atoms. The third-order valence-corrected chi connectivity index (χ3v) is 189. The van der Waals surface area contributed by atoms with Crippen LogP contribution in [0.5, 0.6) is 0 Å². The van der Waals surface area contributed by atoms with E-state index in [-0.39, 0.29) is 24.8 Å². The van der Waals surface area contributed by atoms with Crippen LogP contribution in [0.2, 0.25) is 22.2 Å². The van der Waals surface area contributed by atoms with Crippen LogP contribution in [0.3, 0.4) is 0 Å². The summed E-state index contributed by atoms with van der Waals surface area (Å²) in [7, 11) is 2.82. The van der Waals surface area contributed by atoms with Crippen molar-refractivity contribution in [1.29, 1.82) is 0 Å². The van der Waals surface area contributed by atoms with Gasteiger partial charge in [-0.15, -0.1) is 0 Å². The minimum absolute atomic E-state index is 0. The molecule has 3 aromatic rings. The summed E-state index contributed by atoms with van der Waals surface area (Å²) < 4.78 is 12.6. The van der Waals surface area contributed by atoms with Gasteiger partial charge in [0.15, 0.2) is 0 Å². The van der Waals surface area contributed by atoms with Gasteiger partial charge in [0.05, 0.1) is 0 Å². The average Bonchev–Trinajstić information content (AvgIpc) is 3.44. The number of rotatable bonds is 4. The molecule has 0 saturated heterocycles. The summed E-state index contributed by atoms with van der Waals surface area (Å²) in [6, 6.07) is 22.7. The second-order valence-corrected chi connectivity index (χ2v) is 115. The van der Waals surface area contributed by atoms with Gasteiger partial charge in [-0.05, 0) is 0 Å². The van der Waals surface area contributed by atoms with Gasteiger partial charge in [-0.25, -0.2) is 0 Å². The summed E-state index contributed by atoms with van der Waals surface area (Å²) in [4.78, 5) is -0.825. The van der Waals surface area contributed by atoms with Gasteiger partial charge in [-0.1, -0.05) is 0 Å². The Morgan fingerprint density at radius 2 is 1.29 bits per heavy atom. The molecule has 5 rings (SSSR count). The fraction of sp³-hybridized carbons (Fsp3) is 0.214. The Kier molecular flexibility index (Phi) is 6.45. The zero-order chi connectivity index (χ0) is 22.9. The molecule has 0 spiro atoms. The molecule has 0 bridgehead atoms. The Labute approximate surface area is 218 Å². The van der Waals surface area contributed by atoms with Gasteiger partial charge in [0.2, 0.25) is 0 Å². The summed E-state index contributed by atoms with van der Waals surface area (Å²) in [6.07, 6.45) is 14.9. The molecular weight excluding hydrogens is 583 g/mol. The quantitative estimate of drug-likeness (QED) is 0.358. The summed E-state index contributed by atoms with van der Waals surface area (Å²) in [5.41, 5.74) is 5.84. The van der Waals surface area contributed by atoms with Crippen molar-refractivity contribution in [2.24, 2.45) is 0 Å². The number of benzene rings is 3. The Hall–Kier alpha value is -0.746. The van der Waals surface area contributed by atoms with Crippen molar-refractivity contribution in [2.45, 2.75) is 25.8 Å². The van der Waals surface area contributed by atoms with Crippen LogP contribution in [0.1, 0.15) is 14.8 Å². The largest absolute Gasteiger partial charge is 1.00 e. The maximum atomic E-state index is 2.85. The maximum absolute atomic E-state index is 4.21. The molecule has 0 saturated carbocycles. The second kappa shape index (κ2) is 7.87. The van der Waals surface area contributed by atoms with Crippen molar-refractivity contribution >= 4 is 41.3 Å². The molecular formula is C28H37Cl2Si3Zr-2. The number of hydrogen-bond donors (Lipinski definition) is 0. The molecule has 0 aliphatic heterocycles. The zero-order valence-corrected chi connectivity index (χ0v) is 30.4. The monoisotopic (exact) mass is 617 g/mol. The van der Waals surface area contributed by atoms with Gasteiger partial charge in [-0.3, -0.25) is 0 Å². The van der Waals surface area contributed by atoms with Gasteiger partial charge in [0.1, 0.15) is 0 Å². The molecule has 1 unspecified atom stereocenters. The van der Waals surface area contributed by atoms with E-state index in [1.807, 2.05) is 0 Å².